The number of rotatable bonds is 2. The van der Waals surface area contributed by atoms with Gasteiger partial charge in [-0.1, -0.05) is 20.8 Å². The molecule has 2 fully saturated rings. The van der Waals surface area contributed by atoms with Crippen LogP contribution in [-0.4, -0.2) is 11.6 Å². The smallest absolute Gasteiger partial charge is 0.143 e. The van der Waals surface area contributed by atoms with Gasteiger partial charge in [-0.3, -0.25) is 9.59 Å². The summed E-state index contributed by atoms with van der Waals surface area (Å²) in [5.41, 5.74) is 0.253. The van der Waals surface area contributed by atoms with E-state index < -0.39 is 0 Å². The minimum absolute atomic E-state index is 0.156. The summed E-state index contributed by atoms with van der Waals surface area (Å²) in [6.45, 7) is 6.19. The van der Waals surface area contributed by atoms with Crippen LogP contribution < -0.4 is 0 Å². The van der Waals surface area contributed by atoms with Crippen molar-refractivity contribution >= 4 is 11.6 Å². The highest BCUT2D eigenvalue weighted by molar-refractivity contribution is 6.05. The predicted molar refractivity (Wildman–Crippen MR) is 49.2 cm³/mol. The van der Waals surface area contributed by atoms with Gasteiger partial charge in [-0.25, -0.2) is 0 Å². The molecule has 2 aliphatic carbocycles. The molecule has 3 atom stereocenters. The van der Waals surface area contributed by atoms with Crippen molar-refractivity contribution in [3.63, 3.8) is 0 Å². The Hall–Kier alpha value is -0.660. The average Bonchev–Trinajstić information content (AvgIpc) is 2.48. The SMILES string of the molecule is CCC(=O)C1C(=O)CC2C1C2(C)C. The molecule has 0 radical (unpaired) electrons. The molecule has 2 saturated carbocycles. The van der Waals surface area contributed by atoms with E-state index in [2.05, 4.69) is 13.8 Å². The molecule has 0 N–H and O–H groups in total. The van der Waals surface area contributed by atoms with Crippen molar-refractivity contribution in [2.24, 2.45) is 23.2 Å². The molecule has 0 aromatic heterocycles. The van der Waals surface area contributed by atoms with Gasteiger partial charge in [-0.05, 0) is 17.3 Å². The van der Waals surface area contributed by atoms with Crippen LogP contribution in [0.4, 0.5) is 0 Å². The summed E-state index contributed by atoms with van der Waals surface area (Å²) >= 11 is 0. The highest BCUT2D eigenvalue weighted by Crippen LogP contribution is 2.68. The first kappa shape index (κ1) is 8.92. The van der Waals surface area contributed by atoms with Crippen molar-refractivity contribution in [1.82, 2.24) is 0 Å². The monoisotopic (exact) mass is 180 g/mol. The number of carbonyl (C=O) groups is 2. The molecule has 0 aromatic carbocycles. The molecule has 2 nitrogen and oxygen atoms in total. The first-order valence-electron chi connectivity index (χ1n) is 5.05. The zero-order chi connectivity index (χ0) is 9.80. The normalized spacial score (nSPS) is 40.2. The summed E-state index contributed by atoms with van der Waals surface area (Å²) in [6, 6.07) is 0. The molecule has 72 valence electrons. The summed E-state index contributed by atoms with van der Waals surface area (Å²) in [4.78, 5) is 23.0. The van der Waals surface area contributed by atoms with Gasteiger partial charge in [0.05, 0.1) is 5.92 Å². The first-order valence-corrected chi connectivity index (χ1v) is 5.05. The van der Waals surface area contributed by atoms with Crippen LogP contribution in [0.1, 0.15) is 33.6 Å². The molecule has 13 heavy (non-hydrogen) atoms. The lowest BCUT2D eigenvalue weighted by atomic mass is 9.88. The van der Waals surface area contributed by atoms with E-state index in [1.165, 1.54) is 0 Å². The fourth-order valence-electron chi connectivity index (χ4n) is 2.98. The Balaban J connectivity index is 2.19. The van der Waals surface area contributed by atoms with E-state index >= 15 is 0 Å². The minimum Gasteiger partial charge on any atom is -0.299 e. The third-order valence-electron chi connectivity index (χ3n) is 3.96. The van der Waals surface area contributed by atoms with Gasteiger partial charge in [-0.2, -0.15) is 0 Å². The van der Waals surface area contributed by atoms with Crippen LogP contribution in [0, 0.1) is 23.2 Å². The Morgan fingerprint density at radius 3 is 2.62 bits per heavy atom. The van der Waals surface area contributed by atoms with Crippen molar-refractivity contribution in [1.29, 1.82) is 0 Å². The second-order valence-corrected chi connectivity index (χ2v) is 4.92. The molecule has 0 spiro atoms. The molecule has 2 heteroatoms. The Labute approximate surface area is 78.7 Å². The van der Waals surface area contributed by atoms with Gasteiger partial charge in [0.25, 0.3) is 0 Å². The van der Waals surface area contributed by atoms with E-state index in [9.17, 15) is 9.59 Å². The molecule has 0 bridgehead atoms. The van der Waals surface area contributed by atoms with Crippen LogP contribution in [-0.2, 0) is 9.59 Å². The van der Waals surface area contributed by atoms with E-state index in [4.69, 9.17) is 0 Å². The van der Waals surface area contributed by atoms with Crippen LogP contribution in [0.5, 0.6) is 0 Å². The summed E-state index contributed by atoms with van der Waals surface area (Å²) in [6.07, 6.45) is 1.16. The van der Waals surface area contributed by atoms with Crippen LogP contribution in [0.15, 0.2) is 0 Å². The van der Waals surface area contributed by atoms with Crippen LogP contribution in [0.2, 0.25) is 0 Å². The lowest BCUT2D eigenvalue weighted by molar-refractivity contribution is -0.132. The zero-order valence-electron chi connectivity index (χ0n) is 8.46. The van der Waals surface area contributed by atoms with Gasteiger partial charge in [0.1, 0.15) is 11.6 Å². The van der Waals surface area contributed by atoms with E-state index in [-0.39, 0.29) is 22.9 Å². The average molecular weight is 180 g/mol. The van der Waals surface area contributed by atoms with Gasteiger partial charge in [0.15, 0.2) is 0 Å². The fourth-order valence-corrected chi connectivity index (χ4v) is 2.98. The maximum absolute atomic E-state index is 11.5. The number of hydrogen-bond donors (Lipinski definition) is 0. The first-order chi connectivity index (χ1) is 6.00. The van der Waals surface area contributed by atoms with E-state index in [1.807, 2.05) is 6.92 Å². The molecule has 2 aliphatic rings. The van der Waals surface area contributed by atoms with Gasteiger partial charge in [-0.15, -0.1) is 0 Å². The molecule has 2 rings (SSSR count). The minimum atomic E-state index is -0.245. The molecular weight excluding hydrogens is 164 g/mol. The predicted octanol–water partition coefficient (Wildman–Crippen LogP) is 1.83. The third-order valence-corrected chi connectivity index (χ3v) is 3.96. The molecule has 0 aliphatic heterocycles. The van der Waals surface area contributed by atoms with Crippen LogP contribution in [0.25, 0.3) is 0 Å². The lowest BCUT2D eigenvalue weighted by Crippen LogP contribution is -2.25. The maximum atomic E-state index is 11.5. The van der Waals surface area contributed by atoms with Crippen LogP contribution in [0.3, 0.4) is 0 Å². The molecule has 3 unspecified atom stereocenters. The number of ketones is 2. The maximum Gasteiger partial charge on any atom is 0.143 e. The standard InChI is InChI=1S/C11H16O2/c1-4-7(12)9-8(13)5-6-10(9)11(6,2)3/h6,9-10H,4-5H2,1-3H3. The van der Waals surface area contributed by atoms with E-state index in [0.29, 0.717) is 24.7 Å². The second kappa shape index (κ2) is 2.43. The highest BCUT2D eigenvalue weighted by Gasteiger charge is 2.68. The molecule has 0 aromatic rings. The Bertz CT molecular complexity index is 278. The highest BCUT2D eigenvalue weighted by atomic mass is 16.2. The van der Waals surface area contributed by atoms with E-state index in [0.717, 1.165) is 0 Å². The summed E-state index contributed by atoms with van der Waals surface area (Å²) in [5.74, 6) is 0.974. The van der Waals surface area contributed by atoms with Gasteiger partial charge in [0.2, 0.25) is 0 Å². The molecule has 0 saturated heterocycles. The zero-order valence-corrected chi connectivity index (χ0v) is 8.46. The third kappa shape index (κ3) is 1.01. The summed E-state index contributed by atoms with van der Waals surface area (Å²) < 4.78 is 0. The van der Waals surface area contributed by atoms with Gasteiger partial charge < -0.3 is 0 Å². The molecule has 0 amide bonds. The second-order valence-electron chi connectivity index (χ2n) is 4.92. The number of fused-ring (bicyclic) bond motifs is 1. The van der Waals surface area contributed by atoms with E-state index in [1.54, 1.807) is 0 Å². The lowest BCUT2D eigenvalue weighted by Gasteiger charge is -2.14. The fraction of sp³-hybridized carbons (Fsp3) is 0.818. The summed E-state index contributed by atoms with van der Waals surface area (Å²) in [7, 11) is 0. The number of hydrogen-bond acceptors (Lipinski definition) is 2. The van der Waals surface area contributed by atoms with Crippen molar-refractivity contribution in [2.45, 2.75) is 33.6 Å². The van der Waals surface area contributed by atoms with Crippen LogP contribution >= 0.6 is 0 Å². The van der Waals surface area contributed by atoms with Crippen molar-refractivity contribution < 1.29 is 9.59 Å². The molecule has 0 heterocycles. The molecular formula is C11H16O2. The van der Waals surface area contributed by atoms with Crippen molar-refractivity contribution in [3.05, 3.63) is 0 Å². The van der Waals surface area contributed by atoms with Gasteiger partial charge in [0, 0.05) is 12.8 Å². The Morgan fingerprint density at radius 1 is 1.54 bits per heavy atom. The largest absolute Gasteiger partial charge is 0.299 e. The topological polar surface area (TPSA) is 34.1 Å². The Kier molecular flexibility index (Phi) is 1.67. The van der Waals surface area contributed by atoms with Crippen molar-refractivity contribution in [3.8, 4) is 0 Å². The van der Waals surface area contributed by atoms with Crippen molar-refractivity contribution in [2.75, 3.05) is 0 Å². The quantitative estimate of drug-likeness (QED) is 0.607. The Morgan fingerprint density at radius 2 is 2.15 bits per heavy atom. The van der Waals surface area contributed by atoms with Gasteiger partial charge >= 0.3 is 0 Å². The number of Topliss-reactive ketones (excluding diaryl/α,β-unsaturated/α-hetero) is 2. The number of carbonyl (C=O) groups excluding carboxylic acids is 2. The summed E-state index contributed by atoms with van der Waals surface area (Å²) in [5, 5.41) is 0.